The van der Waals surface area contributed by atoms with Crippen LogP contribution in [0, 0.1) is 5.92 Å². The Morgan fingerprint density at radius 2 is 2.00 bits per heavy atom. The fraction of sp³-hybridized carbons (Fsp3) is 0.375. The predicted octanol–water partition coefficient (Wildman–Crippen LogP) is 2.46. The molecule has 0 aliphatic rings. The summed E-state index contributed by atoms with van der Waals surface area (Å²) in [5.74, 6) is -0.480. The van der Waals surface area contributed by atoms with Crippen LogP contribution >= 0.6 is 0 Å². The maximum atomic E-state index is 11.2. The van der Waals surface area contributed by atoms with E-state index in [1.807, 2.05) is 56.4 Å². The number of benzene rings is 1. The van der Waals surface area contributed by atoms with Crippen molar-refractivity contribution >= 4 is 5.97 Å². The summed E-state index contributed by atoms with van der Waals surface area (Å²) in [7, 11) is 0. The molecule has 0 fully saturated rings. The van der Waals surface area contributed by atoms with Crippen molar-refractivity contribution in [2.45, 2.75) is 32.9 Å². The number of carboxylic acid groups (broad SMARTS) is 1. The lowest BCUT2D eigenvalue weighted by molar-refractivity contribution is -0.140. The molecule has 0 radical (unpaired) electrons. The number of hydrogen-bond donors (Lipinski definition) is 2. The Hall–Kier alpha value is -2.14. The Kier molecular flexibility index (Phi) is 5.11. The minimum Gasteiger partial charge on any atom is -0.480 e. The molecule has 21 heavy (non-hydrogen) atoms. The Morgan fingerprint density at radius 3 is 2.62 bits per heavy atom. The Bertz CT molecular complexity index is 578. The number of rotatable bonds is 7. The average molecular weight is 287 g/mol. The third-order valence-electron chi connectivity index (χ3n) is 3.20. The molecule has 2 aromatic rings. The lowest BCUT2D eigenvalue weighted by Gasteiger charge is -2.15. The van der Waals surface area contributed by atoms with Crippen molar-refractivity contribution in [2.24, 2.45) is 5.92 Å². The van der Waals surface area contributed by atoms with E-state index in [1.54, 1.807) is 4.68 Å². The van der Waals surface area contributed by atoms with Crippen LogP contribution in [0.4, 0.5) is 0 Å². The average Bonchev–Trinajstić information content (AvgIpc) is 2.92. The second kappa shape index (κ2) is 7.04. The zero-order valence-electron chi connectivity index (χ0n) is 12.4. The molecule has 0 saturated carbocycles. The predicted molar refractivity (Wildman–Crippen MR) is 81.3 cm³/mol. The van der Waals surface area contributed by atoms with Crippen molar-refractivity contribution in [3.8, 4) is 5.69 Å². The molecule has 0 saturated heterocycles. The van der Waals surface area contributed by atoms with Crippen LogP contribution in [-0.4, -0.2) is 26.9 Å². The molecule has 1 aromatic carbocycles. The second-order valence-electron chi connectivity index (χ2n) is 5.49. The van der Waals surface area contributed by atoms with Gasteiger partial charge in [-0.1, -0.05) is 32.0 Å². The standard InChI is InChI=1S/C16H21N3O2/c1-12(2)10-15(16(20)21)17-11-13-8-9-19(18-13)14-6-4-3-5-7-14/h3-9,12,15,17H,10-11H2,1-2H3,(H,20,21)/t15-/m1/s1. The molecular weight excluding hydrogens is 266 g/mol. The van der Waals surface area contributed by atoms with Crippen LogP contribution < -0.4 is 5.32 Å². The Labute approximate surface area is 124 Å². The molecule has 0 aliphatic carbocycles. The number of nitrogens with one attached hydrogen (secondary N) is 1. The summed E-state index contributed by atoms with van der Waals surface area (Å²) in [4.78, 5) is 11.2. The van der Waals surface area contributed by atoms with Gasteiger partial charge in [0.25, 0.3) is 0 Å². The van der Waals surface area contributed by atoms with E-state index in [9.17, 15) is 9.90 Å². The van der Waals surface area contributed by atoms with Crippen LogP contribution in [0.3, 0.4) is 0 Å². The maximum absolute atomic E-state index is 11.2. The molecule has 2 rings (SSSR count). The molecule has 0 bridgehead atoms. The first-order valence-corrected chi connectivity index (χ1v) is 7.12. The minimum atomic E-state index is -0.814. The van der Waals surface area contributed by atoms with Gasteiger partial charge in [-0.2, -0.15) is 5.10 Å². The van der Waals surface area contributed by atoms with Crippen LogP contribution in [0.1, 0.15) is 26.0 Å². The molecule has 5 nitrogen and oxygen atoms in total. The van der Waals surface area contributed by atoms with E-state index in [1.165, 1.54) is 0 Å². The highest BCUT2D eigenvalue weighted by molar-refractivity contribution is 5.73. The molecule has 112 valence electrons. The van der Waals surface area contributed by atoms with E-state index in [-0.39, 0.29) is 0 Å². The summed E-state index contributed by atoms with van der Waals surface area (Å²) in [5, 5.41) is 16.7. The zero-order chi connectivity index (χ0) is 15.2. The minimum absolute atomic E-state index is 0.334. The number of aromatic nitrogens is 2. The highest BCUT2D eigenvalue weighted by Crippen LogP contribution is 2.08. The smallest absolute Gasteiger partial charge is 0.320 e. The van der Waals surface area contributed by atoms with Gasteiger partial charge in [-0.25, -0.2) is 4.68 Å². The van der Waals surface area contributed by atoms with Gasteiger partial charge in [0.15, 0.2) is 0 Å². The summed E-state index contributed by atoms with van der Waals surface area (Å²) in [5.41, 5.74) is 1.81. The van der Waals surface area contributed by atoms with Crippen LogP contribution in [-0.2, 0) is 11.3 Å². The normalized spacial score (nSPS) is 12.5. The lowest BCUT2D eigenvalue weighted by atomic mass is 10.0. The Balaban J connectivity index is 1.98. The highest BCUT2D eigenvalue weighted by atomic mass is 16.4. The number of aliphatic carboxylic acids is 1. The first-order valence-electron chi connectivity index (χ1n) is 7.12. The number of nitrogens with zero attached hydrogens (tertiary/aromatic N) is 2. The monoisotopic (exact) mass is 287 g/mol. The molecule has 2 N–H and O–H groups in total. The second-order valence-corrected chi connectivity index (χ2v) is 5.49. The van der Waals surface area contributed by atoms with Gasteiger partial charge in [0, 0.05) is 12.7 Å². The maximum Gasteiger partial charge on any atom is 0.320 e. The van der Waals surface area contributed by atoms with Gasteiger partial charge >= 0.3 is 5.97 Å². The van der Waals surface area contributed by atoms with Crippen molar-refractivity contribution in [1.82, 2.24) is 15.1 Å². The largest absolute Gasteiger partial charge is 0.480 e. The van der Waals surface area contributed by atoms with Gasteiger partial charge in [0.2, 0.25) is 0 Å². The summed E-state index contributed by atoms with van der Waals surface area (Å²) in [6.45, 7) is 4.48. The SMILES string of the molecule is CC(C)C[C@@H](NCc1ccn(-c2ccccc2)n1)C(=O)O. The molecule has 0 spiro atoms. The van der Waals surface area contributed by atoms with Crippen LogP contribution in [0.2, 0.25) is 0 Å². The Morgan fingerprint density at radius 1 is 1.29 bits per heavy atom. The van der Waals surface area contributed by atoms with E-state index < -0.39 is 12.0 Å². The summed E-state index contributed by atoms with van der Waals surface area (Å²) in [6.07, 6.45) is 2.49. The highest BCUT2D eigenvalue weighted by Gasteiger charge is 2.18. The van der Waals surface area contributed by atoms with E-state index >= 15 is 0 Å². The van der Waals surface area contributed by atoms with Crippen LogP contribution in [0.15, 0.2) is 42.6 Å². The first-order chi connectivity index (χ1) is 10.1. The quantitative estimate of drug-likeness (QED) is 0.821. The first kappa shape index (κ1) is 15.3. The molecular formula is C16H21N3O2. The molecule has 1 atom stereocenters. The van der Waals surface area contributed by atoms with E-state index in [0.29, 0.717) is 18.9 Å². The van der Waals surface area contributed by atoms with Crippen molar-refractivity contribution in [1.29, 1.82) is 0 Å². The molecule has 5 heteroatoms. The molecule has 0 aliphatic heterocycles. The third kappa shape index (κ3) is 4.43. The van der Waals surface area contributed by atoms with E-state index in [4.69, 9.17) is 0 Å². The van der Waals surface area contributed by atoms with Gasteiger partial charge in [0.05, 0.1) is 11.4 Å². The summed E-state index contributed by atoms with van der Waals surface area (Å²) >= 11 is 0. The fourth-order valence-electron chi connectivity index (χ4n) is 2.15. The molecule has 1 heterocycles. The van der Waals surface area contributed by atoms with Gasteiger partial charge in [-0.3, -0.25) is 10.1 Å². The topological polar surface area (TPSA) is 67.2 Å². The van der Waals surface area contributed by atoms with Gasteiger partial charge in [0.1, 0.15) is 6.04 Å². The van der Waals surface area contributed by atoms with Gasteiger partial charge in [-0.05, 0) is 30.5 Å². The number of carbonyl (C=O) groups is 1. The molecule has 1 aromatic heterocycles. The molecule has 0 unspecified atom stereocenters. The number of hydrogen-bond acceptors (Lipinski definition) is 3. The van der Waals surface area contributed by atoms with Crippen LogP contribution in [0.5, 0.6) is 0 Å². The molecule has 0 amide bonds. The zero-order valence-corrected chi connectivity index (χ0v) is 12.4. The number of carboxylic acids is 1. The summed E-state index contributed by atoms with van der Waals surface area (Å²) < 4.78 is 1.79. The van der Waals surface area contributed by atoms with E-state index in [0.717, 1.165) is 11.4 Å². The van der Waals surface area contributed by atoms with E-state index in [2.05, 4.69) is 10.4 Å². The van der Waals surface area contributed by atoms with Crippen molar-refractivity contribution in [2.75, 3.05) is 0 Å². The summed E-state index contributed by atoms with van der Waals surface area (Å²) in [6, 6.07) is 11.2. The van der Waals surface area contributed by atoms with Crippen molar-refractivity contribution < 1.29 is 9.90 Å². The lowest BCUT2D eigenvalue weighted by Crippen LogP contribution is -2.37. The van der Waals surface area contributed by atoms with Crippen molar-refractivity contribution in [3.63, 3.8) is 0 Å². The van der Waals surface area contributed by atoms with Crippen LogP contribution in [0.25, 0.3) is 5.69 Å². The number of para-hydroxylation sites is 1. The third-order valence-corrected chi connectivity index (χ3v) is 3.20. The fourth-order valence-corrected chi connectivity index (χ4v) is 2.15. The van der Waals surface area contributed by atoms with Gasteiger partial charge in [-0.15, -0.1) is 0 Å². The van der Waals surface area contributed by atoms with Gasteiger partial charge < -0.3 is 5.11 Å². The van der Waals surface area contributed by atoms with Crippen molar-refractivity contribution in [3.05, 3.63) is 48.3 Å².